The van der Waals surface area contributed by atoms with Crippen LogP contribution in [0.15, 0.2) is 72.8 Å². The number of rotatable bonds is 7. The Hall–Kier alpha value is -3.02. The van der Waals surface area contributed by atoms with Crippen LogP contribution in [-0.2, 0) is 18.7 Å². The van der Waals surface area contributed by atoms with Gasteiger partial charge in [0.1, 0.15) is 36.1 Å². The molecule has 0 saturated carbocycles. The molecule has 1 heterocycles. The topological polar surface area (TPSA) is 51.2 Å². The van der Waals surface area contributed by atoms with Crippen LogP contribution in [0.5, 0.6) is 17.2 Å². The highest BCUT2D eigenvalue weighted by atomic mass is 16.5. The molecular weight excluding hydrogens is 390 g/mol. The molecule has 31 heavy (non-hydrogen) atoms. The van der Waals surface area contributed by atoms with Gasteiger partial charge in [-0.1, -0.05) is 36.4 Å². The second kappa shape index (κ2) is 9.41. The van der Waals surface area contributed by atoms with Gasteiger partial charge in [0, 0.05) is 25.2 Å². The molecule has 3 aromatic carbocycles. The van der Waals surface area contributed by atoms with Crippen molar-refractivity contribution in [1.82, 2.24) is 4.90 Å². The third kappa shape index (κ3) is 5.37. The summed E-state index contributed by atoms with van der Waals surface area (Å²) in [7, 11) is 1.68. The van der Waals surface area contributed by atoms with Crippen molar-refractivity contribution in [3.8, 4) is 17.2 Å². The number of aliphatic hydroxyl groups is 1. The minimum atomic E-state index is -1.12. The Morgan fingerprint density at radius 3 is 2.61 bits per heavy atom. The van der Waals surface area contributed by atoms with Crippen LogP contribution >= 0.6 is 0 Å². The zero-order chi connectivity index (χ0) is 21.7. The van der Waals surface area contributed by atoms with E-state index >= 15 is 0 Å². The summed E-state index contributed by atoms with van der Waals surface area (Å²) in [6.45, 7) is 4.96. The third-order valence-electron chi connectivity index (χ3n) is 5.54. The summed E-state index contributed by atoms with van der Waals surface area (Å²) in [5.41, 5.74) is 1.96. The van der Waals surface area contributed by atoms with E-state index in [1.54, 1.807) is 14.0 Å². The highest BCUT2D eigenvalue weighted by molar-refractivity contribution is 5.40. The van der Waals surface area contributed by atoms with Crippen molar-refractivity contribution in [2.75, 3.05) is 26.9 Å². The summed E-state index contributed by atoms with van der Waals surface area (Å²) in [4.78, 5) is 2.35. The molecule has 162 valence electrons. The number of hydrogen-bond acceptors (Lipinski definition) is 5. The fourth-order valence-corrected chi connectivity index (χ4v) is 3.77. The summed E-state index contributed by atoms with van der Waals surface area (Å²) in [6.07, 6.45) is 0. The van der Waals surface area contributed by atoms with Gasteiger partial charge in [0.05, 0.1) is 7.11 Å². The Kier molecular flexibility index (Phi) is 6.44. The van der Waals surface area contributed by atoms with Crippen molar-refractivity contribution >= 4 is 0 Å². The molecule has 0 bridgehead atoms. The molecule has 4 rings (SSSR count). The Morgan fingerprint density at radius 1 is 1.00 bits per heavy atom. The number of ether oxygens (including phenoxy) is 3. The van der Waals surface area contributed by atoms with E-state index in [2.05, 4.69) is 17.0 Å². The number of benzene rings is 3. The number of nitrogens with zero attached hydrogens (tertiary/aromatic N) is 1. The zero-order valence-corrected chi connectivity index (χ0v) is 18.1. The molecule has 0 spiro atoms. The standard InChI is InChI=1S/C26H29NO4/c1-26(28,19-31-23-8-4-3-5-9-23)22-11-12-25-21(16-22)18-27(13-14-30-25)17-20-7-6-10-24(15-20)29-2/h3-12,15-16,28H,13-14,17-19H2,1-2H3/t26-/m0/s1. The highest BCUT2D eigenvalue weighted by Gasteiger charge is 2.26. The van der Waals surface area contributed by atoms with Crippen LogP contribution in [0, 0.1) is 0 Å². The normalized spacial score (nSPS) is 15.8. The van der Waals surface area contributed by atoms with Crippen LogP contribution in [0.3, 0.4) is 0 Å². The second-order valence-electron chi connectivity index (χ2n) is 8.11. The van der Waals surface area contributed by atoms with Crippen molar-refractivity contribution in [3.05, 3.63) is 89.5 Å². The van der Waals surface area contributed by atoms with Gasteiger partial charge >= 0.3 is 0 Å². The minimum absolute atomic E-state index is 0.171. The molecule has 0 radical (unpaired) electrons. The van der Waals surface area contributed by atoms with Crippen molar-refractivity contribution in [1.29, 1.82) is 0 Å². The molecule has 5 heteroatoms. The summed E-state index contributed by atoms with van der Waals surface area (Å²) >= 11 is 0. The quantitative estimate of drug-likeness (QED) is 0.616. The van der Waals surface area contributed by atoms with Gasteiger partial charge in [0.2, 0.25) is 0 Å². The first kappa shape index (κ1) is 21.2. The molecule has 0 fully saturated rings. The number of methoxy groups -OCH3 is 1. The Labute approximate surface area is 183 Å². The highest BCUT2D eigenvalue weighted by Crippen LogP contribution is 2.30. The van der Waals surface area contributed by atoms with E-state index in [9.17, 15) is 5.11 Å². The maximum Gasteiger partial charge on any atom is 0.123 e. The summed E-state index contributed by atoms with van der Waals surface area (Å²) in [5, 5.41) is 11.1. The first-order chi connectivity index (χ1) is 15.0. The molecule has 0 amide bonds. The molecule has 1 aliphatic rings. The lowest BCUT2D eigenvalue weighted by atomic mass is 9.94. The maximum atomic E-state index is 11.1. The van der Waals surface area contributed by atoms with E-state index in [0.717, 1.165) is 48.0 Å². The van der Waals surface area contributed by atoms with E-state index in [1.165, 1.54) is 5.56 Å². The molecule has 0 aliphatic carbocycles. The van der Waals surface area contributed by atoms with E-state index in [4.69, 9.17) is 14.2 Å². The van der Waals surface area contributed by atoms with Gasteiger partial charge < -0.3 is 19.3 Å². The summed E-state index contributed by atoms with van der Waals surface area (Å²) < 4.78 is 17.1. The van der Waals surface area contributed by atoms with Gasteiger partial charge in [0.25, 0.3) is 0 Å². The Bertz CT molecular complexity index is 1000. The summed E-state index contributed by atoms with van der Waals surface area (Å²) in [5.74, 6) is 2.47. The average molecular weight is 420 g/mol. The molecule has 1 atom stereocenters. The van der Waals surface area contributed by atoms with Gasteiger partial charge in [-0.15, -0.1) is 0 Å². The van der Waals surface area contributed by atoms with Gasteiger partial charge in [-0.25, -0.2) is 0 Å². The van der Waals surface area contributed by atoms with Crippen molar-refractivity contribution < 1.29 is 19.3 Å². The molecular formula is C26H29NO4. The fourth-order valence-electron chi connectivity index (χ4n) is 3.77. The third-order valence-corrected chi connectivity index (χ3v) is 5.54. The molecule has 1 N–H and O–H groups in total. The lowest BCUT2D eigenvalue weighted by molar-refractivity contribution is 0.00748. The Balaban J connectivity index is 1.48. The first-order valence-corrected chi connectivity index (χ1v) is 10.6. The van der Waals surface area contributed by atoms with Crippen LogP contribution in [0.2, 0.25) is 0 Å². The summed E-state index contributed by atoms with van der Waals surface area (Å²) in [6, 6.07) is 23.6. The van der Waals surface area contributed by atoms with E-state index < -0.39 is 5.60 Å². The zero-order valence-electron chi connectivity index (χ0n) is 18.1. The lowest BCUT2D eigenvalue weighted by Crippen LogP contribution is -2.30. The maximum absolute atomic E-state index is 11.1. The molecule has 1 aliphatic heterocycles. The number of fused-ring (bicyclic) bond motifs is 1. The van der Waals surface area contributed by atoms with Gasteiger partial charge in [-0.05, 0) is 54.4 Å². The van der Waals surface area contributed by atoms with Crippen LogP contribution < -0.4 is 14.2 Å². The van der Waals surface area contributed by atoms with Gasteiger partial charge in [0.15, 0.2) is 0 Å². The van der Waals surface area contributed by atoms with Crippen molar-refractivity contribution in [3.63, 3.8) is 0 Å². The molecule has 0 saturated heterocycles. The van der Waals surface area contributed by atoms with Gasteiger partial charge in [-0.3, -0.25) is 4.90 Å². The molecule has 5 nitrogen and oxygen atoms in total. The van der Waals surface area contributed by atoms with Gasteiger partial charge in [-0.2, -0.15) is 0 Å². The van der Waals surface area contributed by atoms with Crippen LogP contribution in [0.25, 0.3) is 0 Å². The smallest absolute Gasteiger partial charge is 0.123 e. The van der Waals surface area contributed by atoms with E-state index in [0.29, 0.717) is 6.61 Å². The van der Waals surface area contributed by atoms with Crippen LogP contribution in [-0.4, -0.2) is 36.9 Å². The average Bonchev–Trinajstić information content (AvgIpc) is 2.99. The van der Waals surface area contributed by atoms with Crippen molar-refractivity contribution in [2.45, 2.75) is 25.6 Å². The number of para-hydroxylation sites is 1. The SMILES string of the molecule is COc1cccc(CN2CCOc3ccc([C@@](C)(O)COc4ccccc4)cc3C2)c1. The number of hydrogen-bond donors (Lipinski definition) is 1. The van der Waals surface area contributed by atoms with Crippen molar-refractivity contribution in [2.24, 2.45) is 0 Å². The predicted octanol–water partition coefficient (Wildman–Crippen LogP) is 4.38. The first-order valence-electron chi connectivity index (χ1n) is 10.6. The van der Waals surface area contributed by atoms with E-state index in [-0.39, 0.29) is 6.61 Å². The predicted molar refractivity (Wildman–Crippen MR) is 121 cm³/mol. The minimum Gasteiger partial charge on any atom is -0.497 e. The Morgan fingerprint density at radius 2 is 1.81 bits per heavy atom. The molecule has 0 unspecified atom stereocenters. The molecule has 0 aromatic heterocycles. The molecule has 3 aromatic rings. The van der Waals surface area contributed by atoms with E-state index in [1.807, 2.05) is 60.7 Å². The lowest BCUT2D eigenvalue weighted by Gasteiger charge is -2.25. The monoisotopic (exact) mass is 419 g/mol. The fraction of sp³-hybridized carbons (Fsp3) is 0.308. The van der Waals surface area contributed by atoms with Crippen LogP contribution in [0.4, 0.5) is 0 Å². The van der Waals surface area contributed by atoms with Crippen LogP contribution in [0.1, 0.15) is 23.6 Å². The largest absolute Gasteiger partial charge is 0.497 e. The second-order valence-corrected chi connectivity index (χ2v) is 8.11.